The van der Waals surface area contributed by atoms with E-state index in [1.54, 1.807) is 0 Å². The molecule has 0 aromatic carbocycles. The Morgan fingerprint density at radius 1 is 1.33 bits per heavy atom. The summed E-state index contributed by atoms with van der Waals surface area (Å²) in [4.78, 5) is 6.50. The molecule has 2 fully saturated rings. The first-order chi connectivity index (χ1) is 8.79. The van der Waals surface area contributed by atoms with Crippen LogP contribution in [0.3, 0.4) is 0 Å². The van der Waals surface area contributed by atoms with Crippen molar-refractivity contribution in [1.29, 1.82) is 0 Å². The van der Waals surface area contributed by atoms with Gasteiger partial charge in [-0.25, -0.2) is 9.37 Å². The van der Waals surface area contributed by atoms with Gasteiger partial charge in [-0.15, -0.1) is 0 Å². The minimum Gasteiger partial charge on any atom is -0.392 e. The highest BCUT2D eigenvalue weighted by Crippen LogP contribution is 2.39. The summed E-state index contributed by atoms with van der Waals surface area (Å²) in [6.45, 7) is 0.842. The Balaban J connectivity index is 1.90. The standard InChI is InChI=1S/C14H19FN2O/c15-12-7-11(9-18)14(16-8-12)17-6-5-10-3-1-2-4-13(10)17/h7-8,10,13,18H,1-6,9H2. The summed E-state index contributed by atoms with van der Waals surface area (Å²) in [6.07, 6.45) is 7.57. The monoisotopic (exact) mass is 250 g/mol. The second-order valence-corrected chi connectivity index (χ2v) is 5.39. The van der Waals surface area contributed by atoms with Gasteiger partial charge in [-0.2, -0.15) is 0 Å². The zero-order chi connectivity index (χ0) is 12.5. The van der Waals surface area contributed by atoms with Gasteiger partial charge in [0.05, 0.1) is 12.8 Å². The van der Waals surface area contributed by atoms with Crippen molar-refractivity contribution >= 4 is 5.82 Å². The van der Waals surface area contributed by atoms with Crippen molar-refractivity contribution in [3.8, 4) is 0 Å². The van der Waals surface area contributed by atoms with Crippen LogP contribution in [0.15, 0.2) is 12.3 Å². The molecular formula is C14H19FN2O. The Morgan fingerprint density at radius 2 is 2.17 bits per heavy atom. The Hall–Kier alpha value is -1.16. The number of fused-ring (bicyclic) bond motifs is 1. The number of aliphatic hydroxyl groups excluding tert-OH is 1. The van der Waals surface area contributed by atoms with Gasteiger partial charge in [-0.05, 0) is 31.2 Å². The molecule has 3 rings (SSSR count). The molecule has 2 unspecified atom stereocenters. The van der Waals surface area contributed by atoms with E-state index in [0.717, 1.165) is 18.3 Å². The highest BCUT2D eigenvalue weighted by molar-refractivity contribution is 5.49. The number of aliphatic hydroxyl groups is 1. The topological polar surface area (TPSA) is 36.4 Å². The molecule has 1 saturated heterocycles. The Morgan fingerprint density at radius 3 is 3.00 bits per heavy atom. The molecule has 4 heteroatoms. The van der Waals surface area contributed by atoms with E-state index in [0.29, 0.717) is 11.6 Å². The summed E-state index contributed by atoms with van der Waals surface area (Å²) in [5.74, 6) is 1.17. The first-order valence-corrected chi connectivity index (χ1v) is 6.81. The molecular weight excluding hydrogens is 231 g/mol. The lowest BCUT2D eigenvalue weighted by molar-refractivity contribution is 0.280. The van der Waals surface area contributed by atoms with E-state index in [4.69, 9.17) is 0 Å². The van der Waals surface area contributed by atoms with Crippen LogP contribution in [-0.2, 0) is 6.61 Å². The van der Waals surface area contributed by atoms with Crippen molar-refractivity contribution < 1.29 is 9.50 Å². The Labute approximate surface area is 107 Å². The molecule has 0 spiro atoms. The van der Waals surface area contributed by atoms with E-state index in [1.807, 2.05) is 0 Å². The highest BCUT2D eigenvalue weighted by atomic mass is 19.1. The summed E-state index contributed by atoms with van der Waals surface area (Å²) >= 11 is 0. The van der Waals surface area contributed by atoms with Crippen molar-refractivity contribution in [2.75, 3.05) is 11.4 Å². The highest BCUT2D eigenvalue weighted by Gasteiger charge is 2.36. The Bertz CT molecular complexity index is 438. The smallest absolute Gasteiger partial charge is 0.142 e. The molecule has 1 N–H and O–H groups in total. The van der Waals surface area contributed by atoms with Crippen LogP contribution in [0.4, 0.5) is 10.2 Å². The first kappa shape index (κ1) is 11.9. The number of pyridine rings is 1. The van der Waals surface area contributed by atoms with Crippen LogP contribution >= 0.6 is 0 Å². The van der Waals surface area contributed by atoms with Crippen molar-refractivity contribution in [2.24, 2.45) is 5.92 Å². The zero-order valence-corrected chi connectivity index (χ0v) is 10.5. The average Bonchev–Trinajstić information content (AvgIpc) is 2.82. The van der Waals surface area contributed by atoms with Gasteiger partial charge in [-0.3, -0.25) is 0 Å². The molecule has 1 saturated carbocycles. The molecule has 1 aromatic heterocycles. The van der Waals surface area contributed by atoms with Crippen molar-refractivity contribution in [2.45, 2.75) is 44.8 Å². The van der Waals surface area contributed by atoms with Crippen molar-refractivity contribution in [3.63, 3.8) is 0 Å². The number of aromatic nitrogens is 1. The van der Waals surface area contributed by atoms with Gasteiger partial charge < -0.3 is 10.0 Å². The SMILES string of the molecule is OCc1cc(F)cnc1N1CCC2CCCCC21. The third-order valence-corrected chi connectivity index (χ3v) is 4.36. The average molecular weight is 250 g/mol. The van der Waals surface area contributed by atoms with Crippen LogP contribution < -0.4 is 4.90 Å². The van der Waals surface area contributed by atoms with Crippen LogP contribution in [-0.4, -0.2) is 22.7 Å². The second-order valence-electron chi connectivity index (χ2n) is 5.39. The molecule has 1 aliphatic heterocycles. The number of nitrogens with zero attached hydrogens (tertiary/aromatic N) is 2. The van der Waals surface area contributed by atoms with Crippen LogP contribution in [0.2, 0.25) is 0 Å². The number of hydrogen-bond acceptors (Lipinski definition) is 3. The van der Waals surface area contributed by atoms with Crippen molar-refractivity contribution in [1.82, 2.24) is 4.98 Å². The maximum absolute atomic E-state index is 13.2. The summed E-state index contributed by atoms with van der Waals surface area (Å²) < 4.78 is 13.2. The number of anilines is 1. The fourth-order valence-corrected chi connectivity index (χ4v) is 3.52. The summed E-state index contributed by atoms with van der Waals surface area (Å²) in [5.41, 5.74) is 0.612. The molecule has 98 valence electrons. The lowest BCUT2D eigenvalue weighted by atomic mass is 9.85. The van der Waals surface area contributed by atoms with E-state index >= 15 is 0 Å². The van der Waals surface area contributed by atoms with Crippen LogP contribution in [0.5, 0.6) is 0 Å². The molecule has 0 amide bonds. The van der Waals surface area contributed by atoms with Gasteiger partial charge in [0.2, 0.25) is 0 Å². The van der Waals surface area contributed by atoms with E-state index in [1.165, 1.54) is 44.4 Å². The van der Waals surface area contributed by atoms with Crippen molar-refractivity contribution in [3.05, 3.63) is 23.6 Å². The molecule has 2 atom stereocenters. The molecule has 1 aromatic rings. The Kier molecular flexibility index (Phi) is 3.20. The normalized spacial score (nSPS) is 27.3. The summed E-state index contributed by atoms with van der Waals surface area (Å²) in [6, 6.07) is 1.94. The van der Waals surface area contributed by atoms with E-state index < -0.39 is 0 Å². The lowest BCUT2D eigenvalue weighted by Crippen LogP contribution is -2.35. The third kappa shape index (κ3) is 1.99. The van der Waals surface area contributed by atoms with Gasteiger partial charge in [0, 0.05) is 18.2 Å². The fraction of sp³-hybridized carbons (Fsp3) is 0.643. The first-order valence-electron chi connectivity index (χ1n) is 6.81. The minimum absolute atomic E-state index is 0.145. The fourth-order valence-electron chi connectivity index (χ4n) is 3.52. The van der Waals surface area contributed by atoms with Gasteiger partial charge in [-0.1, -0.05) is 12.8 Å². The van der Waals surface area contributed by atoms with E-state index in [9.17, 15) is 9.50 Å². The molecule has 0 bridgehead atoms. The minimum atomic E-state index is -0.373. The predicted octanol–water partition coefficient (Wildman–Crippen LogP) is 2.48. The maximum Gasteiger partial charge on any atom is 0.142 e. The summed E-state index contributed by atoms with van der Waals surface area (Å²) in [5, 5.41) is 9.37. The largest absolute Gasteiger partial charge is 0.392 e. The number of rotatable bonds is 2. The molecule has 2 aliphatic rings. The van der Waals surface area contributed by atoms with Crippen LogP contribution in [0, 0.1) is 11.7 Å². The van der Waals surface area contributed by atoms with Gasteiger partial charge in [0.1, 0.15) is 11.6 Å². The third-order valence-electron chi connectivity index (χ3n) is 4.36. The molecule has 18 heavy (non-hydrogen) atoms. The van der Waals surface area contributed by atoms with Gasteiger partial charge >= 0.3 is 0 Å². The van der Waals surface area contributed by atoms with Crippen LogP contribution in [0.1, 0.15) is 37.7 Å². The van der Waals surface area contributed by atoms with E-state index in [2.05, 4.69) is 9.88 Å². The zero-order valence-electron chi connectivity index (χ0n) is 10.5. The number of halogens is 1. The second kappa shape index (κ2) is 4.84. The molecule has 2 heterocycles. The number of hydrogen-bond donors (Lipinski definition) is 1. The molecule has 1 aliphatic carbocycles. The lowest BCUT2D eigenvalue weighted by Gasteiger charge is -2.33. The van der Waals surface area contributed by atoms with Gasteiger partial charge in [0.25, 0.3) is 0 Å². The quantitative estimate of drug-likeness (QED) is 0.876. The molecule has 0 radical (unpaired) electrons. The maximum atomic E-state index is 13.2. The summed E-state index contributed by atoms with van der Waals surface area (Å²) in [7, 11) is 0. The van der Waals surface area contributed by atoms with Gasteiger partial charge in [0.15, 0.2) is 0 Å². The van der Waals surface area contributed by atoms with E-state index in [-0.39, 0.29) is 12.4 Å². The van der Waals surface area contributed by atoms with Crippen LogP contribution in [0.25, 0.3) is 0 Å². The predicted molar refractivity (Wildman–Crippen MR) is 67.8 cm³/mol. The molecule has 3 nitrogen and oxygen atoms in total.